The Hall–Kier alpha value is -3.38. The van der Waals surface area contributed by atoms with E-state index in [0.717, 1.165) is 10.6 Å². The van der Waals surface area contributed by atoms with E-state index in [1.165, 1.54) is 17.5 Å². The van der Waals surface area contributed by atoms with Gasteiger partial charge >= 0.3 is 6.03 Å². The molecule has 0 atom stereocenters. The third-order valence-electron chi connectivity index (χ3n) is 4.24. The van der Waals surface area contributed by atoms with Crippen LogP contribution in [0.1, 0.15) is 5.56 Å². The van der Waals surface area contributed by atoms with Gasteiger partial charge in [0.25, 0.3) is 0 Å². The number of nitrogens with one attached hydrogen (secondary N) is 2. The minimum absolute atomic E-state index is 0.284. The number of amides is 2. The molecule has 0 aliphatic rings. The van der Waals surface area contributed by atoms with E-state index in [1.807, 2.05) is 6.07 Å². The minimum atomic E-state index is -0.724. The van der Waals surface area contributed by atoms with Gasteiger partial charge in [-0.15, -0.1) is 11.3 Å². The van der Waals surface area contributed by atoms with Crippen molar-refractivity contribution in [3.05, 3.63) is 64.4 Å². The largest absolute Gasteiger partial charge is 0.351 e. The van der Waals surface area contributed by atoms with Crippen molar-refractivity contribution in [2.75, 3.05) is 5.32 Å². The van der Waals surface area contributed by atoms with Crippen LogP contribution in [0.25, 0.3) is 32.1 Å². The van der Waals surface area contributed by atoms with Crippen molar-refractivity contribution in [2.45, 2.75) is 0 Å². The molecule has 10 heteroatoms. The van der Waals surface area contributed by atoms with Gasteiger partial charge in [0.1, 0.15) is 11.9 Å². The van der Waals surface area contributed by atoms with E-state index >= 15 is 0 Å². The Balaban J connectivity index is 1.98. The van der Waals surface area contributed by atoms with Crippen molar-refractivity contribution in [1.82, 2.24) is 15.2 Å². The van der Waals surface area contributed by atoms with Crippen molar-refractivity contribution in [3.63, 3.8) is 0 Å². The third-order valence-corrected chi connectivity index (χ3v) is 6.06. The number of urea groups is 1. The summed E-state index contributed by atoms with van der Waals surface area (Å²) in [5.41, 5.74) is 8.42. The lowest BCUT2D eigenvalue weighted by Crippen LogP contribution is -2.19. The standard InChI is InChI=1S/C20H12Cl2N6OS/c21-11-1-2-12(14(22)8-11)17-13(9-23)18(30-19(17)15-4-6-26-28-15)10-3-5-25-16(7-10)27-20(24)29/h1-8H,(H,26,28)(H3,24,25,27,29). The number of nitriles is 1. The van der Waals surface area contributed by atoms with Gasteiger partial charge in [0.2, 0.25) is 0 Å². The summed E-state index contributed by atoms with van der Waals surface area (Å²) in [6.45, 7) is 0. The predicted octanol–water partition coefficient (Wildman–Crippen LogP) is 5.54. The maximum Gasteiger partial charge on any atom is 0.317 e. The molecule has 0 fully saturated rings. The molecule has 2 amide bonds. The summed E-state index contributed by atoms with van der Waals surface area (Å²) in [4.78, 5) is 16.8. The van der Waals surface area contributed by atoms with Gasteiger partial charge in [-0.05, 0) is 35.9 Å². The van der Waals surface area contributed by atoms with Crippen LogP contribution >= 0.6 is 34.5 Å². The first kappa shape index (κ1) is 19.9. The maximum absolute atomic E-state index is 11.2. The topological polar surface area (TPSA) is 120 Å². The molecule has 0 bridgehead atoms. The second-order valence-corrected chi connectivity index (χ2v) is 8.00. The fourth-order valence-corrected chi connectivity index (χ4v) is 4.77. The molecule has 4 rings (SSSR count). The minimum Gasteiger partial charge on any atom is -0.351 e. The SMILES string of the molecule is N#Cc1c(-c2ccnc(NC(N)=O)c2)sc(-c2ccn[nH]2)c1-c1ccc(Cl)cc1Cl. The Kier molecular flexibility index (Phi) is 5.42. The molecule has 1 aromatic carbocycles. The van der Waals surface area contributed by atoms with Crippen LogP contribution in [-0.2, 0) is 0 Å². The average Bonchev–Trinajstić information content (AvgIpc) is 3.35. The number of pyridine rings is 1. The van der Waals surface area contributed by atoms with Crippen LogP contribution in [0.3, 0.4) is 0 Å². The summed E-state index contributed by atoms with van der Waals surface area (Å²) in [6, 6.07) is 11.9. The van der Waals surface area contributed by atoms with E-state index in [0.29, 0.717) is 37.2 Å². The van der Waals surface area contributed by atoms with Crippen molar-refractivity contribution in [3.8, 4) is 38.2 Å². The number of benzene rings is 1. The van der Waals surface area contributed by atoms with Gasteiger partial charge in [-0.1, -0.05) is 29.3 Å². The van der Waals surface area contributed by atoms with E-state index < -0.39 is 6.03 Å². The summed E-state index contributed by atoms with van der Waals surface area (Å²) >= 11 is 13.9. The molecule has 0 aliphatic heterocycles. The van der Waals surface area contributed by atoms with Crippen LogP contribution in [0.5, 0.6) is 0 Å². The Morgan fingerprint density at radius 3 is 2.67 bits per heavy atom. The molecule has 0 aliphatic carbocycles. The van der Waals surface area contributed by atoms with Crippen LogP contribution in [0.2, 0.25) is 10.0 Å². The molecule has 3 aromatic heterocycles. The first-order valence-corrected chi connectivity index (χ1v) is 10.1. The second-order valence-electron chi connectivity index (χ2n) is 6.14. The molecule has 4 N–H and O–H groups in total. The van der Waals surface area contributed by atoms with Crippen LogP contribution in [0.4, 0.5) is 10.6 Å². The summed E-state index contributed by atoms with van der Waals surface area (Å²) in [5.74, 6) is 0.284. The summed E-state index contributed by atoms with van der Waals surface area (Å²) in [5, 5.41) is 20.4. The van der Waals surface area contributed by atoms with Crippen LogP contribution < -0.4 is 11.1 Å². The van der Waals surface area contributed by atoms with Gasteiger partial charge < -0.3 is 5.73 Å². The Morgan fingerprint density at radius 1 is 1.17 bits per heavy atom. The quantitative estimate of drug-likeness (QED) is 0.374. The number of H-pyrrole nitrogens is 1. The van der Waals surface area contributed by atoms with Gasteiger partial charge in [0, 0.05) is 33.6 Å². The lowest BCUT2D eigenvalue weighted by atomic mass is 9.98. The fourth-order valence-electron chi connectivity index (χ4n) is 3.03. The first-order valence-electron chi connectivity index (χ1n) is 8.53. The molecular formula is C20H12Cl2N6OS. The predicted molar refractivity (Wildman–Crippen MR) is 119 cm³/mol. The number of carbonyl (C=O) groups excluding carboxylic acids is 1. The van der Waals surface area contributed by atoms with E-state index in [9.17, 15) is 10.1 Å². The van der Waals surface area contributed by atoms with Crippen LogP contribution in [0, 0.1) is 11.3 Å². The highest BCUT2D eigenvalue weighted by Gasteiger charge is 2.24. The summed E-state index contributed by atoms with van der Waals surface area (Å²) in [6.07, 6.45) is 3.17. The molecule has 0 unspecified atom stereocenters. The van der Waals surface area contributed by atoms with Gasteiger partial charge in [0.05, 0.1) is 21.0 Å². The molecule has 148 valence electrons. The highest BCUT2D eigenvalue weighted by atomic mass is 35.5. The van der Waals surface area contributed by atoms with Crippen molar-refractivity contribution < 1.29 is 4.79 Å². The summed E-state index contributed by atoms with van der Waals surface area (Å²) < 4.78 is 0. The number of aromatic amines is 1. The number of carbonyl (C=O) groups is 1. The van der Waals surface area contributed by atoms with Crippen molar-refractivity contribution >= 4 is 46.4 Å². The number of anilines is 1. The Morgan fingerprint density at radius 2 is 2.00 bits per heavy atom. The molecule has 0 saturated heterocycles. The smallest absolute Gasteiger partial charge is 0.317 e. The van der Waals surface area contributed by atoms with Gasteiger partial charge in [0.15, 0.2) is 0 Å². The number of nitrogens with two attached hydrogens (primary N) is 1. The summed E-state index contributed by atoms with van der Waals surface area (Å²) in [7, 11) is 0. The number of hydrogen-bond acceptors (Lipinski definition) is 5. The number of aromatic nitrogens is 3. The molecule has 3 heterocycles. The number of halogens is 2. The molecule has 0 radical (unpaired) electrons. The van der Waals surface area contributed by atoms with Gasteiger partial charge in [-0.3, -0.25) is 10.4 Å². The van der Waals surface area contributed by atoms with Crippen molar-refractivity contribution in [1.29, 1.82) is 5.26 Å². The number of hydrogen-bond donors (Lipinski definition) is 3. The Bertz CT molecular complexity index is 1290. The number of primary amides is 1. The zero-order valence-electron chi connectivity index (χ0n) is 15.1. The Labute approximate surface area is 185 Å². The molecule has 4 aromatic rings. The lowest BCUT2D eigenvalue weighted by Gasteiger charge is -2.07. The fraction of sp³-hybridized carbons (Fsp3) is 0. The average molecular weight is 455 g/mol. The second kappa shape index (κ2) is 8.16. The lowest BCUT2D eigenvalue weighted by molar-refractivity contribution is 0.259. The monoisotopic (exact) mass is 454 g/mol. The zero-order valence-corrected chi connectivity index (χ0v) is 17.4. The molecule has 0 spiro atoms. The van der Waals surface area contributed by atoms with E-state index in [2.05, 4.69) is 26.6 Å². The van der Waals surface area contributed by atoms with Gasteiger partial charge in [-0.25, -0.2) is 9.78 Å². The third kappa shape index (κ3) is 3.74. The highest BCUT2D eigenvalue weighted by Crippen LogP contribution is 2.48. The van der Waals surface area contributed by atoms with E-state index in [4.69, 9.17) is 28.9 Å². The molecular weight excluding hydrogens is 443 g/mol. The van der Waals surface area contributed by atoms with Crippen molar-refractivity contribution in [2.24, 2.45) is 5.73 Å². The molecule has 30 heavy (non-hydrogen) atoms. The first-order chi connectivity index (χ1) is 14.5. The van der Waals surface area contributed by atoms with Crippen LogP contribution in [-0.4, -0.2) is 21.2 Å². The number of nitrogens with zero attached hydrogens (tertiary/aromatic N) is 3. The van der Waals surface area contributed by atoms with Gasteiger partial charge in [-0.2, -0.15) is 10.4 Å². The van der Waals surface area contributed by atoms with E-state index in [-0.39, 0.29) is 5.82 Å². The zero-order chi connectivity index (χ0) is 21.3. The van der Waals surface area contributed by atoms with Crippen LogP contribution in [0.15, 0.2) is 48.8 Å². The molecule has 7 nitrogen and oxygen atoms in total. The van der Waals surface area contributed by atoms with E-state index in [1.54, 1.807) is 36.5 Å². The highest BCUT2D eigenvalue weighted by molar-refractivity contribution is 7.19. The number of thiophene rings is 1. The maximum atomic E-state index is 11.2. The number of rotatable bonds is 4. The molecule has 0 saturated carbocycles. The normalized spacial score (nSPS) is 10.6.